The van der Waals surface area contributed by atoms with Crippen LogP contribution in [0.15, 0.2) is 43.0 Å². The van der Waals surface area contributed by atoms with Gasteiger partial charge in [-0.25, -0.2) is 9.97 Å². The molecule has 1 unspecified atom stereocenters. The van der Waals surface area contributed by atoms with Gasteiger partial charge in [0, 0.05) is 49.2 Å². The minimum atomic E-state index is -1.06. The van der Waals surface area contributed by atoms with Gasteiger partial charge in [-0.2, -0.15) is 0 Å². The number of hydrogen-bond donors (Lipinski definition) is 1. The fraction of sp³-hybridized carbons (Fsp3) is 0.435. The summed E-state index contributed by atoms with van der Waals surface area (Å²) in [6.07, 6.45) is 9.21. The number of piperidine rings is 1. The summed E-state index contributed by atoms with van der Waals surface area (Å²) in [4.78, 5) is 33.0. The minimum Gasteiger partial charge on any atom is -0.437 e. The summed E-state index contributed by atoms with van der Waals surface area (Å²) in [5, 5.41) is 10.8. The Bertz CT molecular complexity index is 1090. The Morgan fingerprint density at radius 3 is 2.59 bits per heavy atom. The molecule has 0 radical (unpaired) electrons. The van der Waals surface area contributed by atoms with E-state index >= 15 is 0 Å². The number of carbonyl (C=O) groups excluding carboxylic acids is 1. The Morgan fingerprint density at radius 1 is 1.06 bits per heavy atom. The van der Waals surface area contributed by atoms with Gasteiger partial charge < -0.3 is 14.7 Å². The fourth-order valence-electron chi connectivity index (χ4n) is 4.95. The highest BCUT2D eigenvalue weighted by molar-refractivity contribution is 5.90. The summed E-state index contributed by atoms with van der Waals surface area (Å²) in [6, 6.07) is 5.82. The number of hydrogen-bond acceptors (Lipinski definition) is 9. The van der Waals surface area contributed by atoms with Crippen LogP contribution in [-0.4, -0.2) is 75.4 Å². The number of ether oxygens (including phenoxy) is 1. The first-order valence-electron chi connectivity index (χ1n) is 10.9. The normalized spacial score (nSPS) is 19.3. The number of nitrogens with zero attached hydrogens (tertiary/aromatic N) is 6. The van der Waals surface area contributed by atoms with Crippen molar-refractivity contribution in [1.82, 2.24) is 24.8 Å². The van der Waals surface area contributed by atoms with Crippen LogP contribution in [0.3, 0.4) is 0 Å². The molecule has 2 fully saturated rings. The van der Waals surface area contributed by atoms with Gasteiger partial charge in [0.1, 0.15) is 5.82 Å². The highest BCUT2D eigenvalue weighted by Crippen LogP contribution is 2.42. The van der Waals surface area contributed by atoms with Crippen LogP contribution in [0.4, 0.5) is 5.82 Å². The SMILES string of the molecule is O=COC(O)CN1CCC2(CCN(c3nc(-c4ccncc4)nc4cnccc34)CC2)C1. The predicted octanol–water partition coefficient (Wildman–Crippen LogP) is 1.87. The van der Waals surface area contributed by atoms with E-state index < -0.39 is 6.29 Å². The van der Waals surface area contributed by atoms with Gasteiger partial charge in [0.2, 0.25) is 6.29 Å². The molecule has 5 heterocycles. The first kappa shape index (κ1) is 20.7. The van der Waals surface area contributed by atoms with E-state index in [0.29, 0.717) is 18.8 Å². The fourth-order valence-corrected chi connectivity index (χ4v) is 4.95. The first-order valence-corrected chi connectivity index (χ1v) is 10.9. The Balaban J connectivity index is 1.35. The number of pyridine rings is 2. The molecule has 1 N–H and O–H groups in total. The molecule has 3 aromatic heterocycles. The molecule has 9 heteroatoms. The smallest absolute Gasteiger partial charge is 0.295 e. The van der Waals surface area contributed by atoms with Crippen LogP contribution in [0.1, 0.15) is 19.3 Å². The average molecular weight is 435 g/mol. The van der Waals surface area contributed by atoms with Crippen molar-refractivity contribution in [3.8, 4) is 11.4 Å². The highest BCUT2D eigenvalue weighted by Gasteiger charge is 2.41. The molecule has 32 heavy (non-hydrogen) atoms. The average Bonchev–Trinajstić information content (AvgIpc) is 3.21. The zero-order valence-corrected chi connectivity index (χ0v) is 17.8. The van der Waals surface area contributed by atoms with Crippen molar-refractivity contribution in [1.29, 1.82) is 0 Å². The van der Waals surface area contributed by atoms with Gasteiger partial charge in [-0.1, -0.05) is 0 Å². The van der Waals surface area contributed by atoms with E-state index in [0.717, 1.165) is 67.7 Å². The second-order valence-corrected chi connectivity index (χ2v) is 8.66. The highest BCUT2D eigenvalue weighted by atomic mass is 16.6. The maximum Gasteiger partial charge on any atom is 0.295 e. The number of aliphatic hydroxyl groups excluding tert-OH is 1. The molecule has 1 atom stereocenters. The Hall–Kier alpha value is -3.17. The van der Waals surface area contributed by atoms with Crippen LogP contribution in [0.2, 0.25) is 0 Å². The van der Waals surface area contributed by atoms with Crippen molar-refractivity contribution in [2.45, 2.75) is 25.6 Å². The molecular formula is C23H26N6O3. The Morgan fingerprint density at radius 2 is 1.81 bits per heavy atom. The molecule has 2 aliphatic heterocycles. The molecule has 0 bridgehead atoms. The maximum atomic E-state index is 10.4. The first-order chi connectivity index (χ1) is 15.7. The molecule has 1 spiro atoms. The van der Waals surface area contributed by atoms with Crippen molar-refractivity contribution >= 4 is 23.2 Å². The molecular weight excluding hydrogens is 408 g/mol. The van der Waals surface area contributed by atoms with Crippen LogP contribution in [0.5, 0.6) is 0 Å². The van der Waals surface area contributed by atoms with Crippen molar-refractivity contribution in [3.05, 3.63) is 43.0 Å². The maximum absolute atomic E-state index is 10.4. The van der Waals surface area contributed by atoms with Crippen molar-refractivity contribution in [2.24, 2.45) is 5.41 Å². The van der Waals surface area contributed by atoms with Crippen LogP contribution < -0.4 is 4.90 Å². The number of rotatable bonds is 6. The number of fused-ring (bicyclic) bond motifs is 1. The van der Waals surface area contributed by atoms with Crippen LogP contribution >= 0.6 is 0 Å². The number of likely N-dealkylation sites (tertiary alicyclic amines) is 1. The molecule has 2 aliphatic rings. The number of anilines is 1. The van der Waals surface area contributed by atoms with E-state index in [2.05, 4.69) is 24.5 Å². The molecule has 2 saturated heterocycles. The summed E-state index contributed by atoms with van der Waals surface area (Å²) < 4.78 is 4.64. The third-order valence-corrected chi connectivity index (χ3v) is 6.69. The summed E-state index contributed by atoms with van der Waals surface area (Å²) in [7, 11) is 0. The van der Waals surface area contributed by atoms with Gasteiger partial charge in [-0.15, -0.1) is 0 Å². The summed E-state index contributed by atoms with van der Waals surface area (Å²) >= 11 is 0. The zero-order chi connectivity index (χ0) is 22.0. The van der Waals surface area contributed by atoms with Crippen molar-refractivity contribution in [3.63, 3.8) is 0 Å². The number of β-amino-alcohol motifs (C(OH)–C–C–N with tert-alkyl or cyclic N) is 1. The monoisotopic (exact) mass is 434 g/mol. The number of aromatic nitrogens is 4. The summed E-state index contributed by atoms with van der Waals surface area (Å²) in [5.74, 6) is 1.63. The van der Waals surface area contributed by atoms with Gasteiger partial charge in [-0.3, -0.25) is 19.7 Å². The zero-order valence-electron chi connectivity index (χ0n) is 17.8. The van der Waals surface area contributed by atoms with E-state index in [9.17, 15) is 9.90 Å². The minimum absolute atomic E-state index is 0.232. The Kier molecular flexibility index (Phi) is 5.67. The topological polar surface area (TPSA) is 105 Å². The standard InChI is InChI=1S/C23H26N6O3/c30-16-32-20(31)14-28-10-4-23(15-28)5-11-29(12-6-23)22-18-3-9-25-13-19(18)26-21(27-22)17-1-7-24-8-2-17/h1-3,7-9,13,16,20,31H,4-6,10-12,14-15H2. The quantitative estimate of drug-likeness (QED) is 0.460. The lowest BCUT2D eigenvalue weighted by Crippen LogP contribution is -2.43. The molecule has 3 aromatic rings. The molecule has 5 rings (SSSR count). The lowest BCUT2D eigenvalue weighted by Gasteiger charge is -2.40. The molecule has 0 aliphatic carbocycles. The lowest BCUT2D eigenvalue weighted by atomic mass is 9.78. The lowest BCUT2D eigenvalue weighted by molar-refractivity contribution is -0.154. The van der Waals surface area contributed by atoms with Gasteiger partial charge in [0.25, 0.3) is 6.47 Å². The van der Waals surface area contributed by atoms with E-state index in [-0.39, 0.29) is 5.41 Å². The molecule has 0 amide bonds. The number of carbonyl (C=O) groups is 1. The third kappa shape index (κ3) is 4.13. The summed E-state index contributed by atoms with van der Waals surface area (Å²) in [6.45, 7) is 4.31. The van der Waals surface area contributed by atoms with Crippen LogP contribution in [0, 0.1) is 5.41 Å². The second-order valence-electron chi connectivity index (χ2n) is 8.66. The van der Waals surface area contributed by atoms with Gasteiger partial charge in [0.15, 0.2) is 5.82 Å². The molecule has 0 saturated carbocycles. The van der Waals surface area contributed by atoms with Crippen molar-refractivity contribution in [2.75, 3.05) is 37.6 Å². The van der Waals surface area contributed by atoms with Crippen molar-refractivity contribution < 1.29 is 14.6 Å². The van der Waals surface area contributed by atoms with Crippen LogP contribution in [-0.2, 0) is 9.53 Å². The van der Waals surface area contributed by atoms with Gasteiger partial charge in [-0.05, 0) is 49.4 Å². The second kappa shape index (κ2) is 8.76. The predicted molar refractivity (Wildman–Crippen MR) is 119 cm³/mol. The van der Waals surface area contributed by atoms with E-state index in [1.807, 2.05) is 18.2 Å². The largest absolute Gasteiger partial charge is 0.437 e. The van der Waals surface area contributed by atoms with Crippen LogP contribution in [0.25, 0.3) is 22.3 Å². The molecule has 0 aromatic carbocycles. The third-order valence-electron chi connectivity index (χ3n) is 6.69. The van der Waals surface area contributed by atoms with E-state index in [1.165, 1.54) is 0 Å². The summed E-state index contributed by atoms with van der Waals surface area (Å²) in [5.41, 5.74) is 2.00. The van der Waals surface area contributed by atoms with E-state index in [1.54, 1.807) is 24.8 Å². The van der Waals surface area contributed by atoms with Gasteiger partial charge in [0.05, 0.1) is 18.3 Å². The molecule has 166 valence electrons. The number of aliphatic hydroxyl groups is 1. The van der Waals surface area contributed by atoms with E-state index in [4.69, 9.17) is 9.97 Å². The van der Waals surface area contributed by atoms with Gasteiger partial charge >= 0.3 is 0 Å². The molecule has 9 nitrogen and oxygen atoms in total. The Labute approximate surface area is 186 Å².